The fourth-order valence-electron chi connectivity index (χ4n) is 2.45. The quantitative estimate of drug-likeness (QED) is 0.672. The third kappa shape index (κ3) is 2.67. The predicted molar refractivity (Wildman–Crippen MR) is 64.9 cm³/mol. The first kappa shape index (κ1) is 11.7. The monoisotopic (exact) mass is 230 g/mol. The molecule has 2 aliphatic rings. The minimum atomic E-state index is 0.220. The van der Waals surface area contributed by atoms with Crippen LogP contribution in [0.1, 0.15) is 26.2 Å². The van der Waals surface area contributed by atoms with E-state index in [1.54, 1.807) is 0 Å². The molecule has 1 spiro atoms. The molecule has 2 fully saturated rings. The Morgan fingerprint density at radius 3 is 2.33 bits per heavy atom. The van der Waals surface area contributed by atoms with E-state index in [1.807, 2.05) is 11.9 Å². The van der Waals surface area contributed by atoms with Crippen LogP contribution in [0.3, 0.4) is 0 Å². The molecule has 0 aromatic heterocycles. The van der Waals surface area contributed by atoms with Crippen LogP contribution < -0.4 is 0 Å². The summed E-state index contributed by atoms with van der Waals surface area (Å²) < 4.78 is 8.54. The molecule has 0 bridgehead atoms. The first-order chi connectivity index (χ1) is 7.28. The third-order valence-electron chi connectivity index (χ3n) is 3.78. The van der Waals surface area contributed by atoms with Gasteiger partial charge in [0.15, 0.2) is 0 Å². The van der Waals surface area contributed by atoms with Crippen molar-refractivity contribution in [3.63, 3.8) is 0 Å². The van der Waals surface area contributed by atoms with E-state index in [-0.39, 0.29) is 5.60 Å². The minimum Gasteiger partial charge on any atom is -0.359 e. The topological polar surface area (TPSA) is 15.7 Å². The van der Waals surface area contributed by atoms with E-state index in [1.165, 1.54) is 38.9 Å². The van der Waals surface area contributed by atoms with Gasteiger partial charge < -0.3 is 4.74 Å². The maximum absolute atomic E-state index is 6.09. The molecule has 2 saturated heterocycles. The number of rotatable bonds is 2. The highest BCUT2D eigenvalue weighted by atomic mass is 32.2. The van der Waals surface area contributed by atoms with Crippen LogP contribution in [-0.4, -0.2) is 54.0 Å². The molecular weight excluding hydrogens is 208 g/mol. The lowest BCUT2D eigenvalue weighted by molar-refractivity contribution is -0.153. The van der Waals surface area contributed by atoms with Gasteiger partial charge in [0.1, 0.15) is 0 Å². The summed E-state index contributed by atoms with van der Waals surface area (Å²) in [6.07, 6.45) is 5.82. The Kier molecular flexibility index (Phi) is 3.93. The molecule has 0 aromatic rings. The van der Waals surface area contributed by atoms with Gasteiger partial charge in [0.05, 0.1) is 12.3 Å². The highest BCUT2D eigenvalue weighted by Gasteiger charge is 2.38. The van der Waals surface area contributed by atoms with Crippen molar-refractivity contribution in [2.24, 2.45) is 0 Å². The summed E-state index contributed by atoms with van der Waals surface area (Å²) in [6.45, 7) is 7.76. The van der Waals surface area contributed by atoms with Crippen LogP contribution in [0.15, 0.2) is 0 Å². The molecule has 2 rings (SSSR count). The summed E-state index contributed by atoms with van der Waals surface area (Å²) in [5, 5.41) is 0. The Labute approximate surface area is 97.3 Å². The average molecular weight is 230 g/mol. The van der Waals surface area contributed by atoms with Crippen LogP contribution in [0.25, 0.3) is 0 Å². The van der Waals surface area contributed by atoms with Crippen LogP contribution in [0, 0.1) is 0 Å². The molecule has 0 saturated carbocycles. The summed E-state index contributed by atoms with van der Waals surface area (Å²) in [7, 11) is 0. The lowest BCUT2D eigenvalue weighted by Crippen LogP contribution is -2.51. The van der Waals surface area contributed by atoms with Crippen molar-refractivity contribution >= 4 is 11.9 Å². The van der Waals surface area contributed by atoms with Crippen LogP contribution in [0.2, 0.25) is 0 Å². The van der Waals surface area contributed by atoms with Gasteiger partial charge in [-0.1, -0.05) is 18.9 Å². The molecular formula is C11H22N2OS. The Hall–Kier alpha value is 0.230. The number of hydrogen-bond acceptors (Lipinski definition) is 4. The van der Waals surface area contributed by atoms with Gasteiger partial charge in [-0.2, -0.15) is 0 Å². The van der Waals surface area contributed by atoms with Gasteiger partial charge in [0.25, 0.3) is 0 Å². The second-order valence-corrected chi connectivity index (χ2v) is 5.41. The first-order valence-electron chi connectivity index (χ1n) is 5.93. The Balaban J connectivity index is 1.83. The van der Waals surface area contributed by atoms with Crippen molar-refractivity contribution in [1.82, 2.24) is 9.21 Å². The number of hydrogen-bond donors (Lipinski definition) is 0. The largest absolute Gasteiger partial charge is 0.359 e. The van der Waals surface area contributed by atoms with E-state index in [4.69, 9.17) is 4.74 Å². The number of nitrogens with zero attached hydrogens (tertiary/aromatic N) is 2. The Morgan fingerprint density at radius 1 is 1.20 bits per heavy atom. The van der Waals surface area contributed by atoms with E-state index >= 15 is 0 Å². The van der Waals surface area contributed by atoms with E-state index in [2.05, 4.69) is 22.4 Å². The molecule has 0 aromatic carbocycles. The van der Waals surface area contributed by atoms with Crippen molar-refractivity contribution in [1.29, 1.82) is 0 Å². The maximum Gasteiger partial charge on any atom is 0.0997 e. The van der Waals surface area contributed by atoms with Gasteiger partial charge >= 0.3 is 0 Å². The minimum absolute atomic E-state index is 0.220. The van der Waals surface area contributed by atoms with E-state index in [0.29, 0.717) is 0 Å². The smallest absolute Gasteiger partial charge is 0.0997 e. The molecule has 88 valence electrons. The fraction of sp³-hybridized carbons (Fsp3) is 1.00. The van der Waals surface area contributed by atoms with Gasteiger partial charge in [-0.15, -0.1) is 0 Å². The summed E-state index contributed by atoms with van der Waals surface area (Å²) in [5.74, 6) is 0. The van der Waals surface area contributed by atoms with Gasteiger partial charge in [0, 0.05) is 19.6 Å². The Bertz CT molecular complexity index is 171. The number of piperidine rings is 1. The molecule has 0 amide bonds. The molecule has 0 aliphatic carbocycles. The molecule has 0 atom stereocenters. The molecule has 2 aliphatic heterocycles. The van der Waals surface area contributed by atoms with Crippen molar-refractivity contribution in [3.05, 3.63) is 0 Å². The molecule has 0 unspecified atom stereocenters. The van der Waals surface area contributed by atoms with Gasteiger partial charge in [-0.25, -0.2) is 0 Å². The van der Waals surface area contributed by atoms with Crippen molar-refractivity contribution in [2.45, 2.75) is 31.8 Å². The normalized spacial score (nSPS) is 28.4. The molecule has 3 nitrogen and oxygen atoms in total. The van der Waals surface area contributed by atoms with Crippen LogP contribution in [0.4, 0.5) is 0 Å². The highest BCUT2D eigenvalue weighted by molar-refractivity contribution is 7.96. The molecule has 15 heavy (non-hydrogen) atoms. The van der Waals surface area contributed by atoms with Crippen molar-refractivity contribution in [2.75, 3.05) is 39.2 Å². The zero-order chi connectivity index (χ0) is 10.7. The van der Waals surface area contributed by atoms with E-state index in [0.717, 1.165) is 13.3 Å². The summed E-state index contributed by atoms with van der Waals surface area (Å²) >= 11 is 1.87. The fourth-order valence-corrected chi connectivity index (χ4v) is 2.99. The van der Waals surface area contributed by atoms with Gasteiger partial charge in [-0.05, 0) is 32.1 Å². The predicted octanol–water partition coefficient (Wildman–Crippen LogP) is 1.80. The van der Waals surface area contributed by atoms with Crippen molar-refractivity contribution < 1.29 is 4.74 Å². The van der Waals surface area contributed by atoms with Crippen LogP contribution in [0.5, 0.6) is 0 Å². The van der Waals surface area contributed by atoms with Gasteiger partial charge in [-0.3, -0.25) is 9.21 Å². The SMILES string of the molecule is CCN1CCC2(CCN(SC)CC2)OC1. The second kappa shape index (κ2) is 5.04. The Morgan fingerprint density at radius 2 is 1.87 bits per heavy atom. The zero-order valence-corrected chi connectivity index (χ0v) is 10.7. The highest BCUT2D eigenvalue weighted by Crippen LogP contribution is 2.34. The first-order valence-corrected chi connectivity index (χ1v) is 7.11. The van der Waals surface area contributed by atoms with Gasteiger partial charge in [0.2, 0.25) is 0 Å². The van der Waals surface area contributed by atoms with Crippen LogP contribution in [-0.2, 0) is 4.74 Å². The maximum atomic E-state index is 6.09. The van der Waals surface area contributed by atoms with E-state index in [9.17, 15) is 0 Å². The molecule has 4 heteroatoms. The molecule has 2 heterocycles. The summed E-state index contributed by atoms with van der Waals surface area (Å²) in [6, 6.07) is 0. The average Bonchev–Trinajstić information content (AvgIpc) is 2.31. The standard InChI is InChI=1S/C11H22N2OS/c1-3-12-7-4-11(14-10-12)5-8-13(15-2)9-6-11/h3-10H2,1-2H3. The molecule has 0 radical (unpaired) electrons. The molecule has 0 N–H and O–H groups in total. The lowest BCUT2D eigenvalue weighted by Gasteiger charge is -2.46. The summed E-state index contributed by atoms with van der Waals surface area (Å²) in [4.78, 5) is 2.38. The third-order valence-corrected chi connectivity index (χ3v) is 4.66. The summed E-state index contributed by atoms with van der Waals surface area (Å²) in [5.41, 5.74) is 0.220. The number of ether oxygens (including phenoxy) is 1. The van der Waals surface area contributed by atoms with E-state index < -0.39 is 0 Å². The van der Waals surface area contributed by atoms with Crippen LogP contribution >= 0.6 is 11.9 Å². The second-order valence-electron chi connectivity index (χ2n) is 4.53. The van der Waals surface area contributed by atoms with Crippen molar-refractivity contribution in [3.8, 4) is 0 Å². The zero-order valence-electron chi connectivity index (χ0n) is 9.87. The lowest BCUT2D eigenvalue weighted by atomic mass is 9.88.